The van der Waals surface area contributed by atoms with Crippen LogP contribution in [-0.4, -0.2) is 43.7 Å². The molecule has 0 aromatic rings. The summed E-state index contributed by atoms with van der Waals surface area (Å²) >= 11 is 0. The smallest absolute Gasteiger partial charge is 0.233 e. The van der Waals surface area contributed by atoms with Crippen molar-refractivity contribution < 1.29 is 9.53 Å². The van der Waals surface area contributed by atoms with Crippen molar-refractivity contribution in [1.29, 1.82) is 0 Å². The lowest BCUT2D eigenvalue weighted by Crippen LogP contribution is -2.34. The van der Waals surface area contributed by atoms with Crippen LogP contribution in [0.3, 0.4) is 0 Å². The standard InChI is InChI=1S/C12H27N3O2/c1-11(2)15(9-10-17-3)8-6-4-5-7-12(16)14-13/h11H,4-10,13H2,1-3H3,(H,14,16). The van der Waals surface area contributed by atoms with E-state index >= 15 is 0 Å². The molecule has 0 heterocycles. The molecule has 0 fully saturated rings. The van der Waals surface area contributed by atoms with E-state index in [0.717, 1.165) is 39.0 Å². The summed E-state index contributed by atoms with van der Waals surface area (Å²) in [5.41, 5.74) is 2.14. The summed E-state index contributed by atoms with van der Waals surface area (Å²) < 4.78 is 5.09. The summed E-state index contributed by atoms with van der Waals surface area (Å²) in [6, 6.07) is 0.539. The van der Waals surface area contributed by atoms with Gasteiger partial charge < -0.3 is 4.74 Å². The summed E-state index contributed by atoms with van der Waals surface area (Å²) in [6.07, 6.45) is 3.60. The van der Waals surface area contributed by atoms with E-state index < -0.39 is 0 Å². The van der Waals surface area contributed by atoms with Gasteiger partial charge in [0.25, 0.3) is 0 Å². The fourth-order valence-corrected chi connectivity index (χ4v) is 1.69. The van der Waals surface area contributed by atoms with Gasteiger partial charge in [0, 0.05) is 26.1 Å². The Labute approximate surface area is 105 Å². The maximum Gasteiger partial charge on any atom is 0.233 e. The molecule has 5 heteroatoms. The average molecular weight is 245 g/mol. The van der Waals surface area contributed by atoms with Crippen molar-refractivity contribution in [3.05, 3.63) is 0 Å². The predicted octanol–water partition coefficient (Wildman–Crippen LogP) is 0.894. The number of amides is 1. The van der Waals surface area contributed by atoms with Gasteiger partial charge in [0.15, 0.2) is 0 Å². The number of methoxy groups -OCH3 is 1. The van der Waals surface area contributed by atoms with Gasteiger partial charge in [0.1, 0.15) is 0 Å². The average Bonchev–Trinajstić information content (AvgIpc) is 2.31. The molecule has 0 unspecified atom stereocenters. The zero-order valence-corrected chi connectivity index (χ0v) is 11.4. The molecule has 0 rings (SSSR count). The van der Waals surface area contributed by atoms with Gasteiger partial charge in [-0.25, -0.2) is 5.84 Å². The number of nitrogens with one attached hydrogen (secondary N) is 1. The van der Waals surface area contributed by atoms with Crippen LogP contribution in [0.25, 0.3) is 0 Å². The highest BCUT2D eigenvalue weighted by atomic mass is 16.5. The molecule has 1 amide bonds. The molecule has 0 saturated carbocycles. The minimum absolute atomic E-state index is 0.0786. The molecule has 17 heavy (non-hydrogen) atoms. The number of ether oxygens (including phenoxy) is 1. The molecule has 5 nitrogen and oxygen atoms in total. The number of hydrogen-bond acceptors (Lipinski definition) is 4. The van der Waals surface area contributed by atoms with E-state index in [2.05, 4.69) is 24.2 Å². The van der Waals surface area contributed by atoms with Gasteiger partial charge >= 0.3 is 0 Å². The Morgan fingerprint density at radius 3 is 2.53 bits per heavy atom. The SMILES string of the molecule is COCCN(CCCCCC(=O)NN)C(C)C. The van der Waals surface area contributed by atoms with Crippen LogP contribution in [-0.2, 0) is 9.53 Å². The second-order valence-corrected chi connectivity index (χ2v) is 4.50. The summed E-state index contributed by atoms with van der Waals surface area (Å²) in [5.74, 6) is 4.93. The minimum Gasteiger partial charge on any atom is -0.383 e. The zero-order chi connectivity index (χ0) is 13.1. The van der Waals surface area contributed by atoms with E-state index in [-0.39, 0.29) is 5.91 Å². The summed E-state index contributed by atoms with van der Waals surface area (Å²) in [5, 5.41) is 0. The molecule has 0 bridgehead atoms. The lowest BCUT2D eigenvalue weighted by Gasteiger charge is -2.25. The first kappa shape index (κ1) is 16.4. The number of nitrogens with two attached hydrogens (primary N) is 1. The highest BCUT2D eigenvalue weighted by Gasteiger charge is 2.08. The zero-order valence-electron chi connectivity index (χ0n) is 11.4. The number of rotatable bonds is 10. The molecule has 0 aliphatic carbocycles. The highest BCUT2D eigenvalue weighted by molar-refractivity contribution is 5.74. The first-order valence-corrected chi connectivity index (χ1v) is 6.34. The molecular weight excluding hydrogens is 218 g/mol. The number of nitrogens with zero attached hydrogens (tertiary/aromatic N) is 1. The Balaban J connectivity index is 3.57. The Morgan fingerprint density at radius 1 is 1.29 bits per heavy atom. The lowest BCUT2D eigenvalue weighted by molar-refractivity contribution is -0.121. The van der Waals surface area contributed by atoms with E-state index in [4.69, 9.17) is 10.6 Å². The van der Waals surface area contributed by atoms with Gasteiger partial charge in [-0.05, 0) is 33.2 Å². The van der Waals surface area contributed by atoms with Crippen molar-refractivity contribution in [3.63, 3.8) is 0 Å². The fourth-order valence-electron chi connectivity index (χ4n) is 1.69. The molecule has 0 atom stereocenters. The van der Waals surface area contributed by atoms with Crippen LogP contribution in [0.15, 0.2) is 0 Å². The van der Waals surface area contributed by atoms with Crippen molar-refractivity contribution in [2.24, 2.45) is 5.84 Å². The third kappa shape index (κ3) is 9.09. The lowest BCUT2D eigenvalue weighted by atomic mass is 10.1. The molecule has 3 N–H and O–H groups in total. The van der Waals surface area contributed by atoms with Crippen LogP contribution in [0.1, 0.15) is 39.5 Å². The van der Waals surface area contributed by atoms with E-state index in [0.29, 0.717) is 12.5 Å². The van der Waals surface area contributed by atoms with Gasteiger partial charge in [0.05, 0.1) is 6.61 Å². The number of hydrazine groups is 1. The maximum absolute atomic E-state index is 10.9. The Morgan fingerprint density at radius 2 is 2.00 bits per heavy atom. The molecule has 0 aromatic carbocycles. The second kappa shape index (κ2) is 10.5. The number of carbonyl (C=O) groups excluding carboxylic acids is 1. The Hall–Kier alpha value is -0.650. The van der Waals surface area contributed by atoms with Gasteiger partial charge in [0.2, 0.25) is 5.91 Å². The highest BCUT2D eigenvalue weighted by Crippen LogP contribution is 2.05. The summed E-state index contributed by atoms with van der Waals surface area (Å²) in [6.45, 7) is 7.19. The van der Waals surface area contributed by atoms with Crippen LogP contribution in [0.5, 0.6) is 0 Å². The molecule has 102 valence electrons. The number of hydrogen-bond donors (Lipinski definition) is 2. The van der Waals surface area contributed by atoms with Crippen LogP contribution in [0.2, 0.25) is 0 Å². The monoisotopic (exact) mass is 245 g/mol. The number of unbranched alkanes of at least 4 members (excludes halogenated alkanes) is 2. The third-order valence-electron chi connectivity index (χ3n) is 2.82. The van der Waals surface area contributed by atoms with Gasteiger partial charge in [-0.1, -0.05) is 6.42 Å². The summed E-state index contributed by atoms with van der Waals surface area (Å²) in [4.78, 5) is 13.3. The Kier molecular flexibility index (Phi) is 10.1. The van der Waals surface area contributed by atoms with E-state index in [1.54, 1.807) is 7.11 Å². The normalized spacial score (nSPS) is 11.2. The van der Waals surface area contributed by atoms with Crippen LogP contribution in [0.4, 0.5) is 0 Å². The second-order valence-electron chi connectivity index (χ2n) is 4.50. The van der Waals surface area contributed by atoms with Gasteiger partial charge in [-0.15, -0.1) is 0 Å². The fraction of sp³-hybridized carbons (Fsp3) is 0.917. The van der Waals surface area contributed by atoms with Gasteiger partial charge in [-0.3, -0.25) is 15.1 Å². The minimum atomic E-state index is -0.0786. The quantitative estimate of drug-likeness (QED) is 0.260. The van der Waals surface area contributed by atoms with Gasteiger partial charge in [-0.2, -0.15) is 0 Å². The van der Waals surface area contributed by atoms with Crippen molar-refractivity contribution >= 4 is 5.91 Å². The van der Waals surface area contributed by atoms with Crippen LogP contribution < -0.4 is 11.3 Å². The maximum atomic E-state index is 10.9. The third-order valence-corrected chi connectivity index (χ3v) is 2.82. The molecule has 0 saturated heterocycles. The van der Waals surface area contributed by atoms with E-state index in [1.165, 1.54) is 0 Å². The molecule has 0 aromatic heterocycles. The molecule has 0 aliphatic heterocycles. The van der Waals surface area contributed by atoms with Crippen molar-refractivity contribution in [1.82, 2.24) is 10.3 Å². The van der Waals surface area contributed by atoms with E-state index in [1.807, 2.05) is 0 Å². The summed E-state index contributed by atoms with van der Waals surface area (Å²) in [7, 11) is 1.73. The van der Waals surface area contributed by atoms with Crippen molar-refractivity contribution in [2.45, 2.75) is 45.6 Å². The van der Waals surface area contributed by atoms with Crippen LogP contribution in [0, 0.1) is 0 Å². The first-order chi connectivity index (χ1) is 8.11. The number of carbonyl (C=O) groups is 1. The first-order valence-electron chi connectivity index (χ1n) is 6.34. The molecule has 0 aliphatic rings. The predicted molar refractivity (Wildman–Crippen MR) is 69.4 cm³/mol. The molecular formula is C12H27N3O2. The largest absolute Gasteiger partial charge is 0.383 e. The van der Waals surface area contributed by atoms with Crippen LogP contribution >= 0.6 is 0 Å². The molecule has 0 radical (unpaired) electrons. The molecule has 0 spiro atoms. The van der Waals surface area contributed by atoms with Crippen molar-refractivity contribution in [3.8, 4) is 0 Å². The topological polar surface area (TPSA) is 67.6 Å². The van der Waals surface area contributed by atoms with Crippen molar-refractivity contribution in [2.75, 3.05) is 26.8 Å². The Bertz CT molecular complexity index is 198. The van der Waals surface area contributed by atoms with E-state index in [9.17, 15) is 4.79 Å².